The molecule has 0 aliphatic carbocycles. The van der Waals surface area contributed by atoms with E-state index in [1.54, 1.807) is 0 Å². The van der Waals surface area contributed by atoms with Crippen molar-refractivity contribution in [1.29, 1.82) is 0 Å². The van der Waals surface area contributed by atoms with Crippen molar-refractivity contribution >= 4 is 32.3 Å². The third kappa shape index (κ3) is 5.90. The summed E-state index contributed by atoms with van der Waals surface area (Å²) in [6.07, 6.45) is 0. The predicted molar refractivity (Wildman–Crippen MR) is 227 cm³/mol. The summed E-state index contributed by atoms with van der Waals surface area (Å²) in [4.78, 5) is 10.4. The molecule has 0 saturated carbocycles. The zero-order valence-corrected chi connectivity index (χ0v) is 29.5. The zero-order chi connectivity index (χ0) is 35.8. The van der Waals surface area contributed by atoms with Crippen molar-refractivity contribution in [2.24, 2.45) is 0 Å². The van der Waals surface area contributed by atoms with Crippen LogP contribution in [-0.2, 0) is 0 Å². The molecule has 1 heterocycles. The normalized spacial score (nSPS) is 11.3. The summed E-state index contributed by atoms with van der Waals surface area (Å²) in [6.45, 7) is 0. The Labute approximate surface area is 314 Å². The lowest BCUT2D eigenvalue weighted by molar-refractivity contribution is 1.18. The molecule has 0 spiro atoms. The van der Waals surface area contributed by atoms with Crippen LogP contribution in [0.25, 0.3) is 99.6 Å². The van der Waals surface area contributed by atoms with Crippen LogP contribution in [0.2, 0.25) is 0 Å². The van der Waals surface area contributed by atoms with Crippen LogP contribution < -0.4 is 0 Å². The monoisotopic (exact) mass is 686 g/mol. The zero-order valence-electron chi connectivity index (χ0n) is 29.5. The average molecular weight is 687 g/mol. The Morgan fingerprint density at radius 2 is 0.741 bits per heavy atom. The topological polar surface area (TPSA) is 25.8 Å². The van der Waals surface area contributed by atoms with Gasteiger partial charge in [0.1, 0.15) is 0 Å². The summed E-state index contributed by atoms with van der Waals surface area (Å²) in [5, 5.41) is 7.49. The van der Waals surface area contributed by atoms with E-state index in [4.69, 9.17) is 9.97 Å². The van der Waals surface area contributed by atoms with Gasteiger partial charge in [0.15, 0.2) is 5.82 Å². The molecule has 252 valence electrons. The van der Waals surface area contributed by atoms with Gasteiger partial charge in [0.05, 0.1) is 11.4 Å². The first-order chi connectivity index (χ1) is 26.7. The van der Waals surface area contributed by atoms with Crippen LogP contribution in [0.15, 0.2) is 206 Å². The minimum absolute atomic E-state index is 0.696. The molecule has 9 aromatic carbocycles. The number of nitrogens with zero attached hydrogens (tertiary/aromatic N) is 2. The first kappa shape index (κ1) is 31.6. The number of aromatic nitrogens is 2. The quantitative estimate of drug-likeness (QED) is 0.163. The van der Waals surface area contributed by atoms with Crippen LogP contribution in [-0.4, -0.2) is 9.97 Å². The highest BCUT2D eigenvalue weighted by Crippen LogP contribution is 2.37. The van der Waals surface area contributed by atoms with Crippen LogP contribution in [0.5, 0.6) is 0 Å². The van der Waals surface area contributed by atoms with Crippen molar-refractivity contribution < 1.29 is 0 Å². The fourth-order valence-electron chi connectivity index (χ4n) is 7.66. The molecular weight excluding hydrogens is 653 g/mol. The van der Waals surface area contributed by atoms with Gasteiger partial charge in [0.2, 0.25) is 0 Å². The minimum atomic E-state index is 0.696. The summed E-state index contributed by atoms with van der Waals surface area (Å²) in [5.41, 5.74) is 11.9. The van der Waals surface area contributed by atoms with E-state index in [0.29, 0.717) is 5.82 Å². The summed E-state index contributed by atoms with van der Waals surface area (Å²) >= 11 is 0. The maximum atomic E-state index is 5.23. The third-order valence-electron chi connectivity index (χ3n) is 10.5. The smallest absolute Gasteiger partial charge is 0.160 e. The SMILES string of the molecule is c1ccc(-c2ccc(-c3cc(-c4ccc(-c5cc6ccccc6c6ccccc56)cc4)nc(-c4cccc(-c5ccc6ccccc6c5)c4)n3)cc2)cc1. The molecule has 0 radical (unpaired) electrons. The Morgan fingerprint density at radius 1 is 0.241 bits per heavy atom. The van der Waals surface area contributed by atoms with Gasteiger partial charge in [-0.3, -0.25) is 0 Å². The van der Waals surface area contributed by atoms with Crippen molar-refractivity contribution in [1.82, 2.24) is 9.97 Å². The second-order valence-electron chi connectivity index (χ2n) is 13.8. The lowest BCUT2D eigenvalue weighted by atomic mass is 9.92. The molecule has 0 aliphatic rings. The van der Waals surface area contributed by atoms with E-state index in [0.717, 1.165) is 33.6 Å². The highest BCUT2D eigenvalue weighted by molar-refractivity contribution is 6.13. The lowest BCUT2D eigenvalue weighted by Gasteiger charge is -2.13. The molecule has 0 fully saturated rings. The standard InChI is InChI=1S/C52H34N2/c1-2-11-35(12-3-1)37-21-26-39(27-22-37)50-34-51(54-52(53-50)45-17-10-16-42(32-45)43-30-23-36-13-4-5-14-41(36)31-43)40-28-24-38(25-29-40)49-33-44-15-6-7-18-46(44)47-19-8-9-20-48(47)49/h1-34H. The van der Waals surface area contributed by atoms with Gasteiger partial charge in [-0.1, -0.05) is 182 Å². The molecule has 0 atom stereocenters. The van der Waals surface area contributed by atoms with E-state index in [2.05, 4.69) is 200 Å². The molecular formula is C52H34N2. The Balaban J connectivity index is 1.08. The molecule has 10 aromatic rings. The van der Waals surface area contributed by atoms with Gasteiger partial charge in [-0.05, 0) is 90.0 Å². The van der Waals surface area contributed by atoms with Gasteiger partial charge in [-0.15, -0.1) is 0 Å². The van der Waals surface area contributed by atoms with E-state index in [1.807, 2.05) is 6.07 Å². The maximum Gasteiger partial charge on any atom is 0.160 e. The van der Waals surface area contributed by atoms with Crippen molar-refractivity contribution in [3.63, 3.8) is 0 Å². The molecule has 54 heavy (non-hydrogen) atoms. The molecule has 2 heteroatoms. The van der Waals surface area contributed by atoms with Crippen molar-refractivity contribution in [2.75, 3.05) is 0 Å². The molecule has 0 aliphatic heterocycles. The average Bonchev–Trinajstić information content (AvgIpc) is 3.26. The summed E-state index contributed by atoms with van der Waals surface area (Å²) in [5.74, 6) is 0.696. The maximum absolute atomic E-state index is 5.23. The fourth-order valence-corrected chi connectivity index (χ4v) is 7.66. The van der Waals surface area contributed by atoms with Gasteiger partial charge < -0.3 is 0 Å². The molecule has 10 rings (SSSR count). The van der Waals surface area contributed by atoms with Gasteiger partial charge in [0.25, 0.3) is 0 Å². The molecule has 1 aromatic heterocycles. The van der Waals surface area contributed by atoms with Gasteiger partial charge in [0, 0.05) is 16.7 Å². The number of hydrogen-bond donors (Lipinski definition) is 0. The number of hydrogen-bond acceptors (Lipinski definition) is 2. The van der Waals surface area contributed by atoms with Gasteiger partial charge >= 0.3 is 0 Å². The van der Waals surface area contributed by atoms with Crippen molar-refractivity contribution in [3.8, 4) is 67.3 Å². The second kappa shape index (κ2) is 13.4. The fraction of sp³-hybridized carbons (Fsp3) is 0. The second-order valence-corrected chi connectivity index (χ2v) is 13.8. The summed E-state index contributed by atoms with van der Waals surface area (Å²) in [7, 11) is 0. The number of rotatable bonds is 6. The number of benzene rings is 9. The highest BCUT2D eigenvalue weighted by atomic mass is 14.9. The lowest BCUT2D eigenvalue weighted by Crippen LogP contribution is -1.96. The van der Waals surface area contributed by atoms with E-state index in [9.17, 15) is 0 Å². The number of fused-ring (bicyclic) bond motifs is 4. The molecule has 0 amide bonds. The summed E-state index contributed by atoms with van der Waals surface area (Å²) < 4.78 is 0. The minimum Gasteiger partial charge on any atom is -0.228 e. The van der Waals surface area contributed by atoms with Crippen LogP contribution >= 0.6 is 0 Å². The highest BCUT2D eigenvalue weighted by Gasteiger charge is 2.14. The molecule has 0 N–H and O–H groups in total. The van der Waals surface area contributed by atoms with Crippen LogP contribution in [0.1, 0.15) is 0 Å². The molecule has 2 nitrogen and oxygen atoms in total. The Bertz CT molecular complexity index is 2960. The molecule has 0 bridgehead atoms. The third-order valence-corrected chi connectivity index (χ3v) is 10.5. The van der Waals surface area contributed by atoms with Crippen LogP contribution in [0.4, 0.5) is 0 Å². The summed E-state index contributed by atoms with van der Waals surface area (Å²) in [6, 6.07) is 73.5. The van der Waals surface area contributed by atoms with Crippen molar-refractivity contribution in [3.05, 3.63) is 206 Å². The predicted octanol–water partition coefficient (Wildman–Crippen LogP) is 13.9. The van der Waals surface area contributed by atoms with Crippen LogP contribution in [0.3, 0.4) is 0 Å². The van der Waals surface area contributed by atoms with E-state index in [-0.39, 0.29) is 0 Å². The Hall–Kier alpha value is -7.16. The molecule has 0 saturated heterocycles. The van der Waals surface area contributed by atoms with E-state index in [1.165, 1.54) is 60.1 Å². The van der Waals surface area contributed by atoms with Gasteiger partial charge in [-0.25, -0.2) is 9.97 Å². The van der Waals surface area contributed by atoms with Gasteiger partial charge in [-0.2, -0.15) is 0 Å². The first-order valence-electron chi connectivity index (χ1n) is 18.4. The Morgan fingerprint density at radius 3 is 1.48 bits per heavy atom. The van der Waals surface area contributed by atoms with Crippen molar-refractivity contribution in [2.45, 2.75) is 0 Å². The Kier molecular flexibility index (Phi) is 7.85. The molecule has 0 unspecified atom stereocenters. The first-order valence-corrected chi connectivity index (χ1v) is 18.4. The largest absolute Gasteiger partial charge is 0.228 e. The van der Waals surface area contributed by atoms with Crippen LogP contribution in [0, 0.1) is 0 Å². The van der Waals surface area contributed by atoms with E-state index >= 15 is 0 Å². The van der Waals surface area contributed by atoms with E-state index < -0.39 is 0 Å².